The van der Waals surface area contributed by atoms with Crippen LogP contribution in [0.3, 0.4) is 0 Å². The van der Waals surface area contributed by atoms with Gasteiger partial charge in [-0.2, -0.15) is 0 Å². The summed E-state index contributed by atoms with van der Waals surface area (Å²) in [6.07, 6.45) is 1.68. The number of thiocarbonyl (C=S) groups is 1. The summed E-state index contributed by atoms with van der Waals surface area (Å²) in [6, 6.07) is 14.4. The minimum absolute atomic E-state index is 0.151. The first kappa shape index (κ1) is 25.3. The van der Waals surface area contributed by atoms with Gasteiger partial charge in [0, 0.05) is 7.05 Å². The highest BCUT2D eigenvalue weighted by molar-refractivity contribution is 8.26. The fourth-order valence-corrected chi connectivity index (χ4v) is 5.02. The lowest BCUT2D eigenvalue weighted by Gasteiger charge is -2.13. The van der Waals surface area contributed by atoms with Crippen molar-refractivity contribution in [3.05, 3.63) is 75.0 Å². The van der Waals surface area contributed by atoms with Crippen LogP contribution >= 0.6 is 24.0 Å². The number of para-hydroxylation sites is 1. The van der Waals surface area contributed by atoms with Crippen molar-refractivity contribution in [3.63, 3.8) is 0 Å². The number of hydrogen-bond donors (Lipinski definition) is 1. The third kappa shape index (κ3) is 4.79. The molecule has 1 aliphatic heterocycles. The molecule has 9 nitrogen and oxygen atoms in total. The van der Waals surface area contributed by atoms with Crippen molar-refractivity contribution in [1.82, 2.24) is 14.3 Å². The molecular formula is C25H24N4O5S2. The Morgan fingerprint density at radius 2 is 1.78 bits per heavy atom. The minimum atomic E-state index is -0.523. The van der Waals surface area contributed by atoms with Gasteiger partial charge in [-0.3, -0.25) is 24.0 Å². The van der Waals surface area contributed by atoms with Gasteiger partial charge in [-0.15, -0.1) is 0 Å². The molecule has 4 rings (SSSR count). The highest BCUT2D eigenvalue weighted by Gasteiger charge is 2.34. The maximum Gasteiger partial charge on any atom is 0.295 e. The van der Waals surface area contributed by atoms with Gasteiger partial charge in [0.05, 0.1) is 30.5 Å². The fourth-order valence-electron chi connectivity index (χ4n) is 3.77. The zero-order chi connectivity index (χ0) is 26.0. The summed E-state index contributed by atoms with van der Waals surface area (Å²) in [6.45, 7) is 1.43. The first-order chi connectivity index (χ1) is 17.2. The first-order valence-electron chi connectivity index (χ1n) is 10.9. The molecule has 1 aliphatic rings. The monoisotopic (exact) mass is 524 g/mol. The maximum absolute atomic E-state index is 13.1. The number of thioether (sulfide) groups is 1. The second-order valence-corrected chi connectivity index (χ2v) is 9.54. The normalized spacial score (nSPS) is 14.4. The van der Waals surface area contributed by atoms with Crippen molar-refractivity contribution in [2.24, 2.45) is 7.05 Å². The summed E-state index contributed by atoms with van der Waals surface area (Å²) in [5, 5.41) is 2.66. The van der Waals surface area contributed by atoms with E-state index in [1.165, 1.54) is 16.7 Å². The second kappa shape index (κ2) is 10.4. The molecule has 186 valence electrons. The van der Waals surface area contributed by atoms with E-state index in [4.69, 9.17) is 21.7 Å². The van der Waals surface area contributed by atoms with Gasteiger partial charge in [-0.25, -0.2) is 4.68 Å². The molecule has 0 unspecified atom stereocenters. The zero-order valence-corrected chi connectivity index (χ0v) is 21.7. The molecule has 1 fully saturated rings. The van der Waals surface area contributed by atoms with Crippen LogP contribution < -0.4 is 20.3 Å². The molecule has 1 aromatic heterocycles. The van der Waals surface area contributed by atoms with E-state index in [0.717, 1.165) is 17.3 Å². The molecule has 3 aromatic rings. The number of anilines is 1. The van der Waals surface area contributed by atoms with Crippen LogP contribution in [0.25, 0.3) is 11.8 Å². The Bertz CT molecular complexity index is 1440. The van der Waals surface area contributed by atoms with Crippen LogP contribution in [0.1, 0.15) is 11.3 Å². The number of aromatic nitrogens is 2. The molecule has 36 heavy (non-hydrogen) atoms. The van der Waals surface area contributed by atoms with Crippen molar-refractivity contribution >= 4 is 51.9 Å². The van der Waals surface area contributed by atoms with Gasteiger partial charge in [0.2, 0.25) is 5.91 Å². The lowest BCUT2D eigenvalue weighted by atomic mass is 10.2. The molecule has 11 heteroatoms. The number of ether oxygens (including phenoxy) is 2. The number of rotatable bonds is 7. The fraction of sp³-hybridized carbons (Fsp3) is 0.200. The lowest BCUT2D eigenvalue weighted by Crippen LogP contribution is -2.37. The third-order valence-corrected chi connectivity index (χ3v) is 7.08. The van der Waals surface area contributed by atoms with Crippen molar-refractivity contribution in [1.29, 1.82) is 0 Å². The Kier molecular flexibility index (Phi) is 7.32. The molecule has 0 bridgehead atoms. The predicted octanol–water partition coefficient (Wildman–Crippen LogP) is 3.34. The van der Waals surface area contributed by atoms with Crippen LogP contribution in [0.5, 0.6) is 11.5 Å². The second-order valence-electron chi connectivity index (χ2n) is 7.87. The van der Waals surface area contributed by atoms with E-state index in [9.17, 15) is 14.4 Å². The number of nitrogens with one attached hydrogen (secondary N) is 1. The molecule has 0 radical (unpaired) electrons. The standard InChI is InChI=1S/C25H24N4O5S2/c1-15-22(24(32)29(27(15)2)17-8-6-5-7-9-17)26-21(30)14-28-23(31)20(36-25(28)35)13-16-10-11-18(33-3)19(12-16)34-4/h5-13H,14H2,1-4H3,(H,26,30). The van der Waals surface area contributed by atoms with Crippen LogP contribution in [-0.2, 0) is 16.6 Å². The number of carbonyl (C=O) groups excluding carboxylic acids is 2. The van der Waals surface area contributed by atoms with Gasteiger partial charge < -0.3 is 14.8 Å². The summed E-state index contributed by atoms with van der Waals surface area (Å²) >= 11 is 6.46. The van der Waals surface area contributed by atoms with Gasteiger partial charge in [0.25, 0.3) is 11.5 Å². The van der Waals surface area contributed by atoms with Crippen molar-refractivity contribution in [2.45, 2.75) is 6.92 Å². The maximum atomic E-state index is 13.1. The summed E-state index contributed by atoms with van der Waals surface area (Å²) in [5.74, 6) is 0.188. The van der Waals surface area contributed by atoms with Crippen LogP contribution in [-0.4, -0.2) is 51.2 Å². The number of carbonyl (C=O) groups is 2. The minimum Gasteiger partial charge on any atom is -0.493 e. The number of hydrogen-bond acceptors (Lipinski definition) is 7. The molecule has 2 aromatic carbocycles. The van der Waals surface area contributed by atoms with E-state index >= 15 is 0 Å². The van der Waals surface area contributed by atoms with E-state index < -0.39 is 5.91 Å². The molecule has 2 heterocycles. The van der Waals surface area contributed by atoms with Gasteiger partial charge in [0.1, 0.15) is 16.6 Å². The Morgan fingerprint density at radius 1 is 1.08 bits per heavy atom. The van der Waals surface area contributed by atoms with Crippen LogP contribution in [0.2, 0.25) is 0 Å². The molecule has 0 aliphatic carbocycles. The predicted molar refractivity (Wildman–Crippen MR) is 144 cm³/mol. The summed E-state index contributed by atoms with van der Waals surface area (Å²) in [4.78, 5) is 40.5. The summed E-state index contributed by atoms with van der Waals surface area (Å²) in [7, 11) is 4.81. The van der Waals surface area contributed by atoms with Gasteiger partial charge in [0.15, 0.2) is 11.5 Å². The van der Waals surface area contributed by atoms with E-state index in [2.05, 4.69) is 5.32 Å². The zero-order valence-electron chi connectivity index (χ0n) is 20.1. The number of nitrogens with zero attached hydrogens (tertiary/aromatic N) is 3. The molecular weight excluding hydrogens is 500 g/mol. The van der Waals surface area contributed by atoms with E-state index in [-0.39, 0.29) is 28.0 Å². The van der Waals surface area contributed by atoms with E-state index in [0.29, 0.717) is 27.8 Å². The molecule has 0 spiro atoms. The van der Waals surface area contributed by atoms with Crippen molar-refractivity contribution in [3.8, 4) is 17.2 Å². The molecule has 0 saturated carbocycles. The molecule has 0 atom stereocenters. The van der Waals surface area contributed by atoms with Crippen LogP contribution in [0.4, 0.5) is 5.69 Å². The largest absolute Gasteiger partial charge is 0.493 e. The van der Waals surface area contributed by atoms with Gasteiger partial charge in [-0.05, 0) is 42.8 Å². The molecule has 1 saturated heterocycles. The average molecular weight is 525 g/mol. The lowest BCUT2D eigenvalue weighted by molar-refractivity contribution is -0.126. The Labute approximate surface area is 217 Å². The molecule has 1 N–H and O–H groups in total. The summed E-state index contributed by atoms with van der Waals surface area (Å²) < 4.78 is 13.9. The SMILES string of the molecule is COc1ccc(C=C2SC(=S)N(CC(=O)Nc3c(C)n(C)n(-c4ccccc4)c3=O)C2=O)cc1OC. The number of benzene rings is 2. The Morgan fingerprint density at radius 3 is 2.44 bits per heavy atom. The topological polar surface area (TPSA) is 94.8 Å². The van der Waals surface area contributed by atoms with Crippen molar-refractivity contribution in [2.75, 3.05) is 26.1 Å². The smallest absolute Gasteiger partial charge is 0.295 e. The van der Waals surface area contributed by atoms with Crippen LogP contribution in [0, 0.1) is 6.92 Å². The summed E-state index contributed by atoms with van der Waals surface area (Å²) in [5.41, 5.74) is 1.76. The van der Waals surface area contributed by atoms with Crippen molar-refractivity contribution < 1.29 is 19.1 Å². The number of amides is 2. The van der Waals surface area contributed by atoms with Crippen LogP contribution in [0.15, 0.2) is 58.2 Å². The number of methoxy groups -OCH3 is 2. The third-order valence-electron chi connectivity index (χ3n) is 5.70. The highest BCUT2D eigenvalue weighted by Crippen LogP contribution is 2.34. The Balaban J connectivity index is 1.51. The van der Waals surface area contributed by atoms with E-state index in [1.807, 2.05) is 18.2 Å². The van der Waals surface area contributed by atoms with Gasteiger partial charge in [-0.1, -0.05) is 48.2 Å². The Hall–Kier alpha value is -3.83. The van der Waals surface area contributed by atoms with E-state index in [1.54, 1.807) is 62.2 Å². The van der Waals surface area contributed by atoms with Gasteiger partial charge >= 0.3 is 0 Å². The molecule has 2 amide bonds. The average Bonchev–Trinajstić information content (AvgIpc) is 3.25. The highest BCUT2D eigenvalue weighted by atomic mass is 32.2. The quantitative estimate of drug-likeness (QED) is 0.374. The first-order valence-corrected chi connectivity index (χ1v) is 12.1.